The molecule has 6 heteroatoms. The minimum Gasteiger partial charge on any atom is -0.454 e. The Labute approximate surface area is 128 Å². The topological polar surface area (TPSA) is 49.0 Å². The molecule has 2 heterocycles. The maximum atomic E-state index is 6.30. The fourth-order valence-corrected chi connectivity index (χ4v) is 3.44. The van der Waals surface area contributed by atoms with Crippen LogP contribution < -0.4 is 14.8 Å². The first kappa shape index (κ1) is 13.5. The Bertz CT molecular complexity index is 535. The third kappa shape index (κ3) is 2.54. The van der Waals surface area contributed by atoms with Gasteiger partial charge in [-0.15, -0.1) is 0 Å². The predicted molar refractivity (Wildman–Crippen MR) is 78.1 cm³/mol. The third-order valence-electron chi connectivity index (χ3n) is 4.38. The lowest BCUT2D eigenvalue weighted by Crippen LogP contribution is -2.39. The van der Waals surface area contributed by atoms with Crippen molar-refractivity contribution in [3.05, 3.63) is 17.2 Å². The summed E-state index contributed by atoms with van der Waals surface area (Å²) in [5.41, 5.74) is 0.898. The van der Waals surface area contributed by atoms with Crippen molar-refractivity contribution in [1.29, 1.82) is 0 Å². The molecule has 0 radical (unpaired) electrons. The van der Waals surface area contributed by atoms with E-state index in [0.29, 0.717) is 30.0 Å². The molecule has 0 bridgehead atoms. The quantitative estimate of drug-likeness (QED) is 0.909. The summed E-state index contributed by atoms with van der Waals surface area (Å²) in [6.07, 6.45) is 3.86. The van der Waals surface area contributed by atoms with Crippen molar-refractivity contribution in [2.24, 2.45) is 0 Å². The van der Waals surface area contributed by atoms with Gasteiger partial charge in [-0.05, 0) is 12.8 Å². The number of ether oxygens (including phenoxy) is 4. The van der Waals surface area contributed by atoms with Crippen LogP contribution in [0.5, 0.6) is 11.5 Å². The minimum atomic E-state index is -0.323. The van der Waals surface area contributed by atoms with Crippen molar-refractivity contribution in [2.45, 2.75) is 37.5 Å². The molecule has 0 atom stereocenters. The third-order valence-corrected chi connectivity index (χ3v) is 4.70. The van der Waals surface area contributed by atoms with Crippen molar-refractivity contribution in [3.63, 3.8) is 0 Å². The highest BCUT2D eigenvalue weighted by Gasteiger charge is 2.40. The molecule has 1 aliphatic carbocycles. The molecule has 1 aromatic carbocycles. The molecule has 114 valence electrons. The summed E-state index contributed by atoms with van der Waals surface area (Å²) in [7, 11) is 0. The highest BCUT2D eigenvalue weighted by atomic mass is 35.5. The molecule has 1 spiro atoms. The van der Waals surface area contributed by atoms with Gasteiger partial charge in [0.15, 0.2) is 17.3 Å². The van der Waals surface area contributed by atoms with Crippen molar-refractivity contribution in [3.8, 4) is 11.5 Å². The molecule has 0 aromatic heterocycles. The fraction of sp³-hybridized carbons (Fsp3) is 0.600. The van der Waals surface area contributed by atoms with Gasteiger partial charge in [-0.2, -0.15) is 0 Å². The van der Waals surface area contributed by atoms with Gasteiger partial charge in [-0.25, -0.2) is 0 Å². The van der Waals surface area contributed by atoms with E-state index in [1.165, 1.54) is 0 Å². The molecule has 1 N–H and O–H groups in total. The number of hydrogen-bond acceptors (Lipinski definition) is 5. The molecule has 21 heavy (non-hydrogen) atoms. The average molecular weight is 312 g/mol. The molecule has 3 aliphatic rings. The first-order valence-electron chi connectivity index (χ1n) is 7.38. The van der Waals surface area contributed by atoms with Crippen LogP contribution in [0.25, 0.3) is 0 Å². The molecule has 0 amide bonds. The Morgan fingerprint density at radius 1 is 1.05 bits per heavy atom. The van der Waals surface area contributed by atoms with E-state index in [4.69, 9.17) is 30.5 Å². The average Bonchev–Trinajstić information content (AvgIpc) is 3.11. The van der Waals surface area contributed by atoms with E-state index in [-0.39, 0.29) is 12.6 Å². The molecule has 4 rings (SSSR count). The van der Waals surface area contributed by atoms with Crippen LogP contribution in [-0.4, -0.2) is 31.8 Å². The first-order valence-corrected chi connectivity index (χ1v) is 7.76. The zero-order valence-electron chi connectivity index (χ0n) is 11.7. The van der Waals surface area contributed by atoms with Crippen LogP contribution in [0.15, 0.2) is 12.1 Å². The van der Waals surface area contributed by atoms with Gasteiger partial charge in [0, 0.05) is 31.0 Å². The van der Waals surface area contributed by atoms with Crippen LogP contribution in [0.4, 0.5) is 5.69 Å². The molecule has 1 aromatic rings. The lowest BCUT2D eigenvalue weighted by Gasteiger charge is -2.36. The van der Waals surface area contributed by atoms with Gasteiger partial charge in [0.05, 0.1) is 23.9 Å². The van der Waals surface area contributed by atoms with Crippen molar-refractivity contribution < 1.29 is 18.9 Å². The van der Waals surface area contributed by atoms with Crippen molar-refractivity contribution in [2.75, 3.05) is 25.3 Å². The maximum Gasteiger partial charge on any atom is 0.231 e. The fourth-order valence-electron chi connectivity index (χ4n) is 3.24. The highest BCUT2D eigenvalue weighted by molar-refractivity contribution is 6.33. The number of nitrogens with one attached hydrogen (secondary N) is 1. The monoisotopic (exact) mass is 311 g/mol. The number of benzene rings is 1. The number of anilines is 1. The van der Waals surface area contributed by atoms with Gasteiger partial charge in [0.1, 0.15) is 0 Å². The predicted octanol–water partition coefficient (Wildman–Crippen LogP) is 3.17. The highest BCUT2D eigenvalue weighted by Crippen LogP contribution is 2.41. The zero-order chi connectivity index (χ0) is 14.3. The number of fused-ring (bicyclic) bond motifs is 1. The second kappa shape index (κ2) is 5.23. The summed E-state index contributed by atoms with van der Waals surface area (Å²) >= 11 is 6.30. The Morgan fingerprint density at radius 3 is 2.43 bits per heavy atom. The Balaban J connectivity index is 1.43. The van der Waals surface area contributed by atoms with Crippen molar-refractivity contribution >= 4 is 17.3 Å². The number of rotatable bonds is 2. The summed E-state index contributed by atoms with van der Waals surface area (Å²) in [4.78, 5) is 0. The van der Waals surface area contributed by atoms with Crippen LogP contribution in [0, 0.1) is 0 Å². The van der Waals surface area contributed by atoms with E-state index in [2.05, 4.69) is 5.32 Å². The molecule has 0 unspecified atom stereocenters. The molecule has 2 fully saturated rings. The summed E-state index contributed by atoms with van der Waals surface area (Å²) in [5, 5.41) is 4.17. The Morgan fingerprint density at radius 2 is 1.71 bits per heavy atom. The zero-order valence-corrected chi connectivity index (χ0v) is 12.4. The Hall–Kier alpha value is -1.17. The Kier molecular flexibility index (Phi) is 3.36. The van der Waals surface area contributed by atoms with E-state index < -0.39 is 0 Å². The molecule has 1 saturated heterocycles. The molecular weight excluding hydrogens is 294 g/mol. The summed E-state index contributed by atoms with van der Waals surface area (Å²) in [6.45, 7) is 1.69. The van der Waals surface area contributed by atoms with Crippen LogP contribution in [0.3, 0.4) is 0 Å². The van der Waals surface area contributed by atoms with Crippen LogP contribution in [0.1, 0.15) is 25.7 Å². The van der Waals surface area contributed by atoms with Crippen molar-refractivity contribution in [1.82, 2.24) is 0 Å². The SMILES string of the molecule is Clc1cc2c(cc1NC1CCC3(CC1)OCCO3)OCO2. The molecule has 1 saturated carbocycles. The van der Waals surface area contributed by atoms with Gasteiger partial charge in [-0.1, -0.05) is 11.6 Å². The van der Waals surface area contributed by atoms with E-state index in [9.17, 15) is 0 Å². The van der Waals surface area contributed by atoms with Gasteiger partial charge >= 0.3 is 0 Å². The summed E-state index contributed by atoms with van der Waals surface area (Å²) in [5.74, 6) is 1.13. The van der Waals surface area contributed by atoms with Crippen LogP contribution in [-0.2, 0) is 9.47 Å². The van der Waals surface area contributed by atoms with Gasteiger partial charge in [0.25, 0.3) is 0 Å². The van der Waals surface area contributed by atoms with Crippen LogP contribution in [0.2, 0.25) is 5.02 Å². The van der Waals surface area contributed by atoms with E-state index >= 15 is 0 Å². The normalized spacial score (nSPS) is 23.7. The second-order valence-corrected chi connectivity index (χ2v) is 6.12. The van der Waals surface area contributed by atoms with Gasteiger partial charge in [-0.3, -0.25) is 0 Å². The maximum absolute atomic E-state index is 6.30. The second-order valence-electron chi connectivity index (χ2n) is 5.71. The molecular formula is C15H18ClNO4. The lowest BCUT2D eigenvalue weighted by molar-refractivity contribution is -0.177. The largest absolute Gasteiger partial charge is 0.454 e. The van der Waals surface area contributed by atoms with E-state index in [1.807, 2.05) is 6.07 Å². The van der Waals surface area contributed by atoms with Crippen LogP contribution >= 0.6 is 11.6 Å². The van der Waals surface area contributed by atoms with Gasteiger partial charge in [0.2, 0.25) is 6.79 Å². The van der Waals surface area contributed by atoms with E-state index in [0.717, 1.165) is 37.1 Å². The smallest absolute Gasteiger partial charge is 0.231 e. The molecule has 2 aliphatic heterocycles. The van der Waals surface area contributed by atoms with Gasteiger partial charge < -0.3 is 24.3 Å². The minimum absolute atomic E-state index is 0.260. The number of halogens is 1. The summed E-state index contributed by atoms with van der Waals surface area (Å²) < 4.78 is 22.2. The lowest BCUT2D eigenvalue weighted by atomic mass is 9.90. The number of hydrogen-bond donors (Lipinski definition) is 1. The first-order chi connectivity index (χ1) is 10.2. The standard InChI is InChI=1S/C15H18ClNO4/c16-11-7-13-14(19-9-18-13)8-12(11)17-10-1-3-15(4-2-10)20-5-6-21-15/h7-8,10,17H,1-6,9H2. The van der Waals surface area contributed by atoms with E-state index in [1.54, 1.807) is 6.07 Å². The summed E-state index contributed by atoms with van der Waals surface area (Å²) in [6, 6.07) is 4.10. The molecule has 5 nitrogen and oxygen atoms in total.